The molecular formula is C19H22N2O6. The fourth-order valence-electron chi connectivity index (χ4n) is 2.61. The lowest BCUT2D eigenvalue weighted by Gasteiger charge is -2.18. The number of amides is 1. The van der Waals surface area contributed by atoms with Crippen molar-refractivity contribution >= 4 is 11.6 Å². The van der Waals surface area contributed by atoms with Crippen molar-refractivity contribution in [1.82, 2.24) is 5.32 Å². The minimum Gasteiger partial charge on any atom is -0.497 e. The highest BCUT2D eigenvalue weighted by atomic mass is 16.6. The molecule has 1 amide bonds. The summed E-state index contributed by atoms with van der Waals surface area (Å²) in [7, 11) is 3.09. The van der Waals surface area contributed by atoms with Gasteiger partial charge in [-0.3, -0.25) is 14.9 Å². The van der Waals surface area contributed by atoms with Gasteiger partial charge in [0.25, 0.3) is 5.91 Å². The van der Waals surface area contributed by atoms with Crippen LogP contribution in [0.25, 0.3) is 0 Å². The fraction of sp³-hybridized carbons (Fsp3) is 0.316. The highest BCUT2D eigenvalue weighted by Crippen LogP contribution is 2.31. The molecule has 0 radical (unpaired) electrons. The normalized spacial score (nSPS) is 11.4. The van der Waals surface area contributed by atoms with Crippen LogP contribution in [0.1, 0.15) is 35.8 Å². The predicted octanol–water partition coefficient (Wildman–Crippen LogP) is 3.50. The van der Waals surface area contributed by atoms with Crippen molar-refractivity contribution < 1.29 is 23.9 Å². The van der Waals surface area contributed by atoms with Gasteiger partial charge in [0.1, 0.15) is 11.5 Å². The molecule has 0 aromatic heterocycles. The Kier molecular flexibility index (Phi) is 6.59. The average Bonchev–Trinajstić information content (AvgIpc) is 2.67. The highest BCUT2D eigenvalue weighted by Gasteiger charge is 2.21. The number of nitrogens with one attached hydrogen (secondary N) is 1. The second kappa shape index (κ2) is 8.88. The molecule has 8 nitrogen and oxygen atoms in total. The number of hydrogen-bond donors (Lipinski definition) is 1. The van der Waals surface area contributed by atoms with Gasteiger partial charge in [-0.05, 0) is 44.2 Å². The molecule has 27 heavy (non-hydrogen) atoms. The number of carbonyl (C=O) groups excluding carboxylic acids is 1. The molecule has 0 aliphatic heterocycles. The Hall–Kier alpha value is -3.29. The zero-order valence-corrected chi connectivity index (χ0v) is 15.6. The SMILES string of the molecule is CCOc1ccc(C(=O)N[C@H](C)c2cc(OC)ccc2OC)cc1[N+](=O)[O-]. The summed E-state index contributed by atoms with van der Waals surface area (Å²) >= 11 is 0. The molecule has 2 aromatic carbocycles. The lowest BCUT2D eigenvalue weighted by atomic mass is 10.1. The maximum atomic E-state index is 12.6. The number of nitro groups is 1. The molecule has 0 saturated carbocycles. The zero-order valence-electron chi connectivity index (χ0n) is 15.6. The highest BCUT2D eigenvalue weighted by molar-refractivity contribution is 5.95. The first-order valence-corrected chi connectivity index (χ1v) is 8.35. The van der Waals surface area contributed by atoms with Crippen LogP contribution in [0.4, 0.5) is 5.69 Å². The summed E-state index contributed by atoms with van der Waals surface area (Å²) in [5.74, 6) is 0.907. The molecule has 2 rings (SSSR count). The molecule has 0 bridgehead atoms. The van der Waals surface area contributed by atoms with Gasteiger partial charge in [-0.25, -0.2) is 0 Å². The zero-order chi connectivity index (χ0) is 20.0. The van der Waals surface area contributed by atoms with E-state index in [1.165, 1.54) is 25.3 Å². The minimum absolute atomic E-state index is 0.126. The molecule has 0 unspecified atom stereocenters. The topological polar surface area (TPSA) is 99.9 Å². The van der Waals surface area contributed by atoms with Gasteiger partial charge in [-0.1, -0.05) is 0 Å². The standard InChI is InChI=1S/C19H22N2O6/c1-5-27-18-8-6-13(10-16(18)21(23)24)19(22)20-12(2)15-11-14(25-3)7-9-17(15)26-4/h6-12H,5H2,1-4H3,(H,20,22)/t12-/m1/s1. The van der Waals surface area contributed by atoms with E-state index in [-0.39, 0.29) is 17.0 Å². The van der Waals surface area contributed by atoms with Gasteiger partial charge in [0, 0.05) is 17.2 Å². The Labute approximate surface area is 157 Å². The van der Waals surface area contributed by atoms with E-state index >= 15 is 0 Å². The van der Waals surface area contributed by atoms with Crippen LogP contribution >= 0.6 is 0 Å². The van der Waals surface area contributed by atoms with E-state index in [2.05, 4.69) is 5.32 Å². The van der Waals surface area contributed by atoms with Crippen LogP contribution in [0, 0.1) is 10.1 Å². The van der Waals surface area contributed by atoms with Crippen LogP contribution in [-0.4, -0.2) is 31.7 Å². The van der Waals surface area contributed by atoms with Crippen LogP contribution in [0.15, 0.2) is 36.4 Å². The van der Waals surface area contributed by atoms with Crippen LogP contribution in [0.3, 0.4) is 0 Å². The van der Waals surface area contributed by atoms with Crippen molar-refractivity contribution in [2.24, 2.45) is 0 Å². The molecule has 144 valence electrons. The van der Waals surface area contributed by atoms with Crippen LogP contribution in [-0.2, 0) is 0 Å². The summed E-state index contributed by atoms with van der Waals surface area (Å²) in [5.41, 5.74) is 0.639. The Bertz CT molecular complexity index is 837. The van der Waals surface area contributed by atoms with Gasteiger partial charge in [0.05, 0.1) is 31.8 Å². The molecule has 0 aliphatic carbocycles. The molecule has 1 N–H and O–H groups in total. The fourth-order valence-corrected chi connectivity index (χ4v) is 2.61. The average molecular weight is 374 g/mol. The number of nitro benzene ring substituents is 1. The minimum atomic E-state index is -0.573. The molecule has 0 saturated heterocycles. The molecule has 1 atom stereocenters. The van der Waals surface area contributed by atoms with E-state index in [1.807, 2.05) is 0 Å². The first-order chi connectivity index (χ1) is 12.9. The Balaban J connectivity index is 2.26. The number of carbonyl (C=O) groups is 1. The van der Waals surface area contributed by atoms with Gasteiger partial charge in [0.2, 0.25) is 0 Å². The van der Waals surface area contributed by atoms with E-state index in [9.17, 15) is 14.9 Å². The van der Waals surface area contributed by atoms with Crippen molar-refractivity contribution in [3.05, 3.63) is 57.6 Å². The van der Waals surface area contributed by atoms with Crippen LogP contribution in [0.2, 0.25) is 0 Å². The lowest BCUT2D eigenvalue weighted by molar-refractivity contribution is -0.385. The number of rotatable bonds is 8. The second-order valence-electron chi connectivity index (χ2n) is 5.68. The van der Waals surface area contributed by atoms with Crippen molar-refractivity contribution in [2.45, 2.75) is 19.9 Å². The first kappa shape index (κ1) is 20.0. The van der Waals surface area contributed by atoms with Gasteiger partial charge in [-0.2, -0.15) is 0 Å². The maximum absolute atomic E-state index is 12.6. The van der Waals surface area contributed by atoms with Crippen LogP contribution in [0.5, 0.6) is 17.2 Å². The smallest absolute Gasteiger partial charge is 0.311 e. The van der Waals surface area contributed by atoms with E-state index in [0.717, 1.165) is 5.56 Å². The monoisotopic (exact) mass is 374 g/mol. The molecule has 2 aromatic rings. The third-order valence-electron chi connectivity index (χ3n) is 3.97. The molecule has 8 heteroatoms. The largest absolute Gasteiger partial charge is 0.497 e. The van der Waals surface area contributed by atoms with E-state index in [1.54, 1.807) is 39.2 Å². The summed E-state index contributed by atoms with van der Waals surface area (Å²) in [6, 6.07) is 8.98. The van der Waals surface area contributed by atoms with Crippen LogP contribution < -0.4 is 19.5 Å². The Morgan fingerprint density at radius 3 is 2.44 bits per heavy atom. The third-order valence-corrected chi connectivity index (χ3v) is 3.97. The maximum Gasteiger partial charge on any atom is 0.311 e. The summed E-state index contributed by atoms with van der Waals surface area (Å²) in [6.45, 7) is 3.81. The summed E-state index contributed by atoms with van der Waals surface area (Å²) < 4.78 is 15.8. The number of nitrogens with zero attached hydrogens (tertiary/aromatic N) is 1. The number of ether oxygens (including phenoxy) is 3. The van der Waals surface area contributed by atoms with Gasteiger partial charge >= 0.3 is 5.69 Å². The van der Waals surface area contributed by atoms with Crippen molar-refractivity contribution in [1.29, 1.82) is 0 Å². The molecule has 0 heterocycles. The lowest BCUT2D eigenvalue weighted by Crippen LogP contribution is -2.27. The second-order valence-corrected chi connectivity index (χ2v) is 5.68. The first-order valence-electron chi connectivity index (χ1n) is 8.35. The van der Waals surface area contributed by atoms with E-state index < -0.39 is 16.9 Å². The number of methoxy groups -OCH3 is 2. The predicted molar refractivity (Wildman–Crippen MR) is 99.7 cm³/mol. The number of hydrogen-bond acceptors (Lipinski definition) is 6. The summed E-state index contributed by atoms with van der Waals surface area (Å²) in [4.78, 5) is 23.2. The Morgan fingerprint density at radius 1 is 1.15 bits per heavy atom. The molecule has 0 aliphatic rings. The van der Waals surface area contributed by atoms with Gasteiger partial charge < -0.3 is 19.5 Å². The van der Waals surface area contributed by atoms with Crippen molar-refractivity contribution in [2.75, 3.05) is 20.8 Å². The van der Waals surface area contributed by atoms with Gasteiger partial charge in [0.15, 0.2) is 5.75 Å². The molecular weight excluding hydrogens is 352 g/mol. The van der Waals surface area contributed by atoms with E-state index in [4.69, 9.17) is 14.2 Å². The van der Waals surface area contributed by atoms with Crippen molar-refractivity contribution in [3.63, 3.8) is 0 Å². The van der Waals surface area contributed by atoms with Crippen molar-refractivity contribution in [3.8, 4) is 17.2 Å². The summed E-state index contributed by atoms with van der Waals surface area (Å²) in [5, 5.41) is 14.1. The number of benzene rings is 2. The molecule has 0 spiro atoms. The third kappa shape index (κ3) is 4.66. The quantitative estimate of drug-likeness (QED) is 0.561. The molecule has 0 fully saturated rings. The Morgan fingerprint density at radius 2 is 1.85 bits per heavy atom. The summed E-state index contributed by atoms with van der Waals surface area (Å²) in [6.07, 6.45) is 0. The van der Waals surface area contributed by atoms with Gasteiger partial charge in [-0.15, -0.1) is 0 Å². The van der Waals surface area contributed by atoms with E-state index in [0.29, 0.717) is 18.1 Å².